The summed E-state index contributed by atoms with van der Waals surface area (Å²) in [7, 11) is 0. The van der Waals surface area contributed by atoms with Crippen LogP contribution < -0.4 is 5.32 Å². The Morgan fingerprint density at radius 1 is 1.26 bits per heavy atom. The van der Waals surface area contributed by atoms with Crippen molar-refractivity contribution in [3.05, 3.63) is 45.0 Å². The minimum Gasteiger partial charge on any atom is -0.389 e. The van der Waals surface area contributed by atoms with Crippen LogP contribution in [0.3, 0.4) is 0 Å². The second-order valence-corrected chi connectivity index (χ2v) is 10.9. The van der Waals surface area contributed by atoms with Crippen molar-refractivity contribution >= 4 is 68.8 Å². The van der Waals surface area contributed by atoms with E-state index in [2.05, 4.69) is 48.9 Å². The quantitative estimate of drug-likeness (QED) is 0.291. The van der Waals surface area contributed by atoms with Crippen LogP contribution in [0.5, 0.6) is 0 Å². The molecule has 0 radical (unpaired) electrons. The van der Waals surface area contributed by atoms with Gasteiger partial charge in [0.1, 0.15) is 22.8 Å². The Balaban J connectivity index is 1.40. The molecular formula is C21H22ClIN6O4S. The van der Waals surface area contributed by atoms with E-state index in [1.165, 1.54) is 18.1 Å². The number of aliphatic hydroxyl groups is 2. The first-order valence-corrected chi connectivity index (χ1v) is 13.1. The number of anilines is 1. The molecule has 0 unspecified atom stereocenters. The number of benzene rings is 1. The smallest absolute Gasteiger partial charge is 0.238 e. The van der Waals surface area contributed by atoms with Crippen LogP contribution in [0.4, 0.5) is 5.82 Å². The number of aromatic nitrogens is 4. The van der Waals surface area contributed by atoms with Crippen LogP contribution in [-0.2, 0) is 16.1 Å². The van der Waals surface area contributed by atoms with E-state index in [1.54, 1.807) is 9.47 Å². The van der Waals surface area contributed by atoms with E-state index in [0.717, 1.165) is 9.13 Å². The summed E-state index contributed by atoms with van der Waals surface area (Å²) in [6.07, 6.45) is -0.881. The fraction of sp³-hybridized carbons (Fsp3) is 0.429. The van der Waals surface area contributed by atoms with E-state index in [1.807, 2.05) is 18.2 Å². The third-order valence-electron chi connectivity index (χ3n) is 5.82. The summed E-state index contributed by atoms with van der Waals surface area (Å²) in [5.41, 5.74) is 1.97. The summed E-state index contributed by atoms with van der Waals surface area (Å²) in [5, 5.41) is 23.3. The van der Waals surface area contributed by atoms with Crippen molar-refractivity contribution in [1.82, 2.24) is 24.4 Å². The number of morpholine rings is 1. The number of hydrogen-bond acceptors (Lipinski definition) is 9. The molecule has 1 aromatic carbocycles. The van der Waals surface area contributed by atoms with Gasteiger partial charge in [-0.1, -0.05) is 12.1 Å². The van der Waals surface area contributed by atoms with Crippen LogP contribution in [0.1, 0.15) is 10.9 Å². The van der Waals surface area contributed by atoms with Crippen LogP contribution in [-0.4, -0.2) is 84.3 Å². The summed E-state index contributed by atoms with van der Waals surface area (Å²) in [4.78, 5) is 27.7. The second-order valence-electron chi connectivity index (χ2n) is 8.01. The summed E-state index contributed by atoms with van der Waals surface area (Å²) in [6.45, 7) is 2.38. The van der Waals surface area contributed by atoms with Gasteiger partial charge in [0.25, 0.3) is 0 Å². The molecule has 2 fully saturated rings. The molecule has 0 spiro atoms. The predicted octanol–water partition coefficient (Wildman–Crippen LogP) is 1.89. The Morgan fingerprint density at radius 3 is 2.82 bits per heavy atom. The number of aliphatic hydroxyl groups excluding tert-OH is 2. The number of halogens is 2. The second kappa shape index (κ2) is 10.1. The molecule has 5 rings (SSSR count). The molecule has 4 heterocycles. The summed E-state index contributed by atoms with van der Waals surface area (Å²) >= 11 is 9.67. The lowest BCUT2D eigenvalue weighted by molar-refractivity contribution is -0.137. The minimum absolute atomic E-state index is 0.0263. The highest BCUT2D eigenvalue weighted by atomic mass is 127. The molecule has 1 amide bonds. The largest absolute Gasteiger partial charge is 0.389 e. The first-order chi connectivity index (χ1) is 16.4. The Bertz CT molecular complexity index is 1210. The molecular weight excluding hydrogens is 595 g/mol. The molecule has 2 saturated heterocycles. The van der Waals surface area contributed by atoms with Crippen molar-refractivity contribution in [3.63, 3.8) is 0 Å². The van der Waals surface area contributed by atoms with E-state index in [0.29, 0.717) is 49.8 Å². The Kier molecular flexibility index (Phi) is 7.14. The van der Waals surface area contributed by atoms with Gasteiger partial charge in [-0.15, -0.1) is 11.8 Å². The van der Waals surface area contributed by atoms with Crippen LogP contribution in [0.2, 0.25) is 5.28 Å². The minimum atomic E-state index is -1.22. The standard InChI is InChI=1S/C21H22ClIN6O4S/c22-21-26-17(24-9-11-2-1-3-12(23)8-11)13-18(27-21)29(10-25-13)20-15(31)14(30)16(34-20)19(32)28-4-6-33-7-5-28/h1-3,8,10,14-16,20,30-31H,4-7,9H2,(H,24,26,27)/t14-,15+,16-,20+/m0/s1. The Hall–Kier alpha value is -1.71. The van der Waals surface area contributed by atoms with Gasteiger partial charge in [0, 0.05) is 23.2 Å². The zero-order chi connectivity index (χ0) is 23.8. The first kappa shape index (κ1) is 24.0. The summed E-state index contributed by atoms with van der Waals surface area (Å²) < 4.78 is 8.07. The number of rotatable bonds is 5. The number of amides is 1. The molecule has 2 aliphatic heterocycles. The van der Waals surface area contributed by atoms with Gasteiger partial charge in [-0.25, -0.2) is 4.98 Å². The number of carbonyl (C=O) groups is 1. The topological polar surface area (TPSA) is 126 Å². The lowest BCUT2D eigenvalue weighted by Gasteiger charge is -2.29. The highest BCUT2D eigenvalue weighted by Crippen LogP contribution is 2.44. The predicted molar refractivity (Wildman–Crippen MR) is 137 cm³/mol. The number of nitrogens with one attached hydrogen (secondary N) is 1. The van der Waals surface area contributed by atoms with E-state index in [-0.39, 0.29) is 11.2 Å². The Morgan fingerprint density at radius 2 is 2.06 bits per heavy atom. The van der Waals surface area contributed by atoms with Gasteiger partial charge < -0.3 is 25.2 Å². The third-order valence-corrected chi connectivity index (χ3v) is 8.22. The number of fused-ring (bicyclic) bond motifs is 1. The fourth-order valence-corrected chi connectivity index (χ4v) is 6.36. The highest BCUT2D eigenvalue weighted by molar-refractivity contribution is 14.1. The molecule has 3 N–H and O–H groups in total. The van der Waals surface area contributed by atoms with Crippen LogP contribution in [0.25, 0.3) is 11.2 Å². The zero-order valence-corrected chi connectivity index (χ0v) is 21.6. The molecule has 10 nitrogen and oxygen atoms in total. The fourth-order valence-electron chi connectivity index (χ4n) is 4.09. The van der Waals surface area contributed by atoms with Crippen LogP contribution >= 0.6 is 46.0 Å². The molecule has 4 atom stereocenters. The molecule has 0 saturated carbocycles. The van der Waals surface area contributed by atoms with Crippen molar-refractivity contribution in [3.8, 4) is 0 Å². The molecule has 2 aliphatic rings. The van der Waals surface area contributed by atoms with Gasteiger partial charge in [-0.2, -0.15) is 9.97 Å². The number of ether oxygens (including phenoxy) is 1. The lowest BCUT2D eigenvalue weighted by atomic mass is 10.1. The number of nitrogens with zero attached hydrogens (tertiary/aromatic N) is 5. The van der Waals surface area contributed by atoms with E-state index >= 15 is 0 Å². The van der Waals surface area contributed by atoms with Crippen LogP contribution in [0.15, 0.2) is 30.6 Å². The van der Waals surface area contributed by atoms with E-state index in [9.17, 15) is 15.0 Å². The molecule has 0 aliphatic carbocycles. The van der Waals surface area contributed by atoms with Gasteiger partial charge in [-0.3, -0.25) is 9.36 Å². The van der Waals surface area contributed by atoms with Gasteiger partial charge in [-0.05, 0) is 51.9 Å². The molecule has 2 aromatic heterocycles. The van der Waals surface area contributed by atoms with Gasteiger partial charge in [0.05, 0.1) is 19.5 Å². The summed E-state index contributed by atoms with van der Waals surface area (Å²) in [6, 6.07) is 8.06. The van der Waals surface area contributed by atoms with Crippen LogP contribution in [0, 0.1) is 3.57 Å². The van der Waals surface area contributed by atoms with Gasteiger partial charge in [0.2, 0.25) is 11.2 Å². The Labute approximate surface area is 218 Å². The van der Waals surface area contributed by atoms with Crippen molar-refractivity contribution in [1.29, 1.82) is 0 Å². The maximum atomic E-state index is 13.0. The monoisotopic (exact) mass is 616 g/mol. The third kappa shape index (κ3) is 4.71. The molecule has 34 heavy (non-hydrogen) atoms. The molecule has 13 heteroatoms. The number of thioether (sulfide) groups is 1. The average molecular weight is 617 g/mol. The van der Waals surface area contributed by atoms with Crippen molar-refractivity contribution in [2.45, 2.75) is 29.4 Å². The molecule has 0 bridgehead atoms. The zero-order valence-electron chi connectivity index (χ0n) is 17.8. The van der Waals surface area contributed by atoms with E-state index in [4.69, 9.17) is 16.3 Å². The SMILES string of the molecule is O=C([C@H]1S[C@@H](n2cnc3c(NCc4cccc(I)c4)nc(Cl)nc32)[C@H](O)[C@@H]1O)N1CCOCC1. The summed E-state index contributed by atoms with van der Waals surface area (Å²) in [5.74, 6) is 0.255. The normalized spacial score (nSPS) is 25.1. The van der Waals surface area contributed by atoms with Crippen molar-refractivity contribution < 1.29 is 19.7 Å². The lowest BCUT2D eigenvalue weighted by Crippen LogP contribution is -2.48. The molecule has 180 valence electrons. The van der Waals surface area contributed by atoms with Gasteiger partial charge in [0.15, 0.2) is 17.0 Å². The number of hydrogen-bond donors (Lipinski definition) is 3. The molecule has 3 aromatic rings. The van der Waals surface area contributed by atoms with E-state index < -0.39 is 22.8 Å². The van der Waals surface area contributed by atoms with Crippen molar-refractivity contribution in [2.24, 2.45) is 0 Å². The maximum Gasteiger partial charge on any atom is 0.238 e. The first-order valence-electron chi connectivity index (χ1n) is 10.7. The average Bonchev–Trinajstić information content (AvgIpc) is 3.38. The van der Waals surface area contributed by atoms with Crippen molar-refractivity contribution in [2.75, 3.05) is 31.6 Å². The highest BCUT2D eigenvalue weighted by Gasteiger charge is 2.48. The number of carbonyl (C=O) groups excluding carboxylic acids is 1. The van der Waals surface area contributed by atoms with Gasteiger partial charge >= 0.3 is 0 Å². The maximum absolute atomic E-state index is 13.0. The number of imidazole rings is 1.